The molecule has 2 aromatic carbocycles. The van der Waals surface area contributed by atoms with E-state index >= 15 is 0 Å². The SMILES string of the molecule is O=C(c1ccccc1-n1cnnn1)N1CCC(F)(F)[C@@H](Oc2nc3ccccc3cc2OC(=O)C(F)(F)F)C1. The first-order valence-corrected chi connectivity index (χ1v) is 11.4. The third-order valence-electron chi connectivity index (χ3n) is 5.93. The maximum atomic E-state index is 15.0. The summed E-state index contributed by atoms with van der Waals surface area (Å²) in [6, 6.07) is 13.4. The van der Waals surface area contributed by atoms with Gasteiger partial charge in [0.2, 0.25) is 0 Å². The molecule has 0 unspecified atom stereocenters. The fourth-order valence-electron chi connectivity index (χ4n) is 4.00. The van der Waals surface area contributed by atoms with Crippen LogP contribution in [0.25, 0.3) is 16.6 Å². The summed E-state index contributed by atoms with van der Waals surface area (Å²) in [5.41, 5.74) is 0.624. The number of pyridine rings is 1. The Kier molecular flexibility index (Phi) is 6.57. The van der Waals surface area contributed by atoms with Crippen molar-refractivity contribution in [3.05, 3.63) is 66.5 Å². The zero-order valence-corrected chi connectivity index (χ0v) is 19.7. The fraction of sp³-hybridized carbons (Fsp3) is 0.250. The lowest BCUT2D eigenvalue weighted by atomic mass is 10.0. The van der Waals surface area contributed by atoms with Gasteiger partial charge in [-0.25, -0.2) is 18.6 Å². The third kappa shape index (κ3) is 5.32. The molecule has 0 aliphatic carbocycles. The minimum Gasteiger partial charge on any atom is -0.463 e. The number of aromatic nitrogens is 5. The van der Waals surface area contributed by atoms with Crippen molar-refractivity contribution in [2.45, 2.75) is 24.6 Å². The Morgan fingerprint density at radius 1 is 1.05 bits per heavy atom. The second-order valence-electron chi connectivity index (χ2n) is 8.51. The molecule has 4 aromatic rings. The number of nitrogens with zero attached hydrogens (tertiary/aromatic N) is 6. The molecule has 39 heavy (non-hydrogen) atoms. The summed E-state index contributed by atoms with van der Waals surface area (Å²) in [6.45, 7) is -0.979. The van der Waals surface area contributed by atoms with E-state index in [-0.39, 0.29) is 23.0 Å². The number of alkyl halides is 5. The summed E-state index contributed by atoms with van der Waals surface area (Å²) < 4.78 is 79.7. The smallest absolute Gasteiger partial charge is 0.463 e. The normalized spacial score (nSPS) is 17.2. The molecule has 0 saturated carbocycles. The van der Waals surface area contributed by atoms with Gasteiger partial charge in [0.15, 0.2) is 11.9 Å². The lowest BCUT2D eigenvalue weighted by molar-refractivity contribution is -0.190. The maximum Gasteiger partial charge on any atom is 0.491 e. The summed E-state index contributed by atoms with van der Waals surface area (Å²) in [6.07, 6.45) is -6.92. The van der Waals surface area contributed by atoms with E-state index in [4.69, 9.17) is 4.74 Å². The number of carbonyl (C=O) groups is 2. The minimum absolute atomic E-state index is 0.123. The van der Waals surface area contributed by atoms with Gasteiger partial charge in [-0.2, -0.15) is 17.9 Å². The highest BCUT2D eigenvalue weighted by atomic mass is 19.4. The molecule has 1 amide bonds. The first-order valence-electron chi connectivity index (χ1n) is 11.4. The molecule has 1 atom stereocenters. The van der Waals surface area contributed by atoms with Gasteiger partial charge in [0.25, 0.3) is 17.7 Å². The van der Waals surface area contributed by atoms with Crippen molar-refractivity contribution >= 4 is 22.8 Å². The molecule has 1 saturated heterocycles. The molecule has 0 radical (unpaired) electrons. The Morgan fingerprint density at radius 3 is 2.54 bits per heavy atom. The number of ether oxygens (including phenoxy) is 2. The van der Waals surface area contributed by atoms with Crippen molar-refractivity contribution < 1.29 is 41.0 Å². The summed E-state index contributed by atoms with van der Waals surface area (Å²) in [4.78, 5) is 30.0. The number of halogens is 5. The molecule has 1 fully saturated rings. The largest absolute Gasteiger partial charge is 0.491 e. The van der Waals surface area contributed by atoms with Gasteiger partial charge in [0.1, 0.15) is 6.33 Å². The number of piperidine rings is 1. The van der Waals surface area contributed by atoms with Crippen molar-refractivity contribution in [3.63, 3.8) is 0 Å². The van der Waals surface area contributed by atoms with Crippen LogP contribution in [0.15, 0.2) is 60.9 Å². The fourth-order valence-corrected chi connectivity index (χ4v) is 4.00. The third-order valence-corrected chi connectivity index (χ3v) is 5.93. The summed E-state index contributed by atoms with van der Waals surface area (Å²) >= 11 is 0. The van der Waals surface area contributed by atoms with Crippen molar-refractivity contribution in [2.75, 3.05) is 13.1 Å². The topological polar surface area (TPSA) is 112 Å². The van der Waals surface area contributed by atoms with Gasteiger partial charge in [-0.3, -0.25) is 4.79 Å². The minimum atomic E-state index is -5.35. The molecular weight excluding hydrogens is 531 g/mol. The average Bonchev–Trinajstić information content (AvgIpc) is 3.44. The zero-order chi connectivity index (χ0) is 27.8. The van der Waals surface area contributed by atoms with Crippen LogP contribution in [0, 0.1) is 0 Å². The monoisotopic (exact) mass is 548 g/mol. The molecule has 0 bridgehead atoms. The van der Waals surface area contributed by atoms with E-state index in [0.717, 1.165) is 11.0 Å². The first kappa shape index (κ1) is 25.9. The number of amides is 1. The van der Waals surface area contributed by atoms with Gasteiger partial charge in [-0.1, -0.05) is 30.3 Å². The summed E-state index contributed by atoms with van der Waals surface area (Å²) in [5, 5.41) is 11.1. The predicted octanol–water partition coefficient (Wildman–Crippen LogP) is 3.61. The Morgan fingerprint density at radius 2 is 1.79 bits per heavy atom. The molecule has 202 valence electrons. The number of carbonyl (C=O) groups excluding carboxylic acids is 2. The van der Waals surface area contributed by atoms with Crippen LogP contribution < -0.4 is 9.47 Å². The second kappa shape index (κ2) is 9.89. The van der Waals surface area contributed by atoms with Crippen LogP contribution >= 0.6 is 0 Å². The lowest BCUT2D eigenvalue weighted by Crippen LogP contribution is -2.55. The van der Waals surface area contributed by atoms with Gasteiger partial charge in [0.05, 0.1) is 23.3 Å². The number of fused-ring (bicyclic) bond motifs is 1. The van der Waals surface area contributed by atoms with Crippen molar-refractivity contribution in [2.24, 2.45) is 0 Å². The van der Waals surface area contributed by atoms with Gasteiger partial charge in [-0.15, -0.1) is 5.10 Å². The first-order chi connectivity index (χ1) is 18.5. The van der Waals surface area contributed by atoms with Crippen molar-refractivity contribution in [1.29, 1.82) is 0 Å². The van der Waals surface area contributed by atoms with Gasteiger partial charge < -0.3 is 14.4 Å². The van der Waals surface area contributed by atoms with Crippen LogP contribution in [0.4, 0.5) is 22.0 Å². The molecule has 10 nitrogen and oxygen atoms in total. The Bertz CT molecular complexity index is 1530. The molecule has 1 aliphatic heterocycles. The lowest BCUT2D eigenvalue weighted by Gasteiger charge is -2.38. The molecule has 3 heterocycles. The van der Waals surface area contributed by atoms with E-state index in [2.05, 4.69) is 25.2 Å². The zero-order valence-electron chi connectivity index (χ0n) is 19.7. The quantitative estimate of drug-likeness (QED) is 0.275. The van der Waals surface area contributed by atoms with Gasteiger partial charge in [0, 0.05) is 18.4 Å². The van der Waals surface area contributed by atoms with Crippen molar-refractivity contribution in [3.8, 4) is 17.3 Å². The molecule has 2 aromatic heterocycles. The van der Waals surface area contributed by atoms with Gasteiger partial charge >= 0.3 is 12.1 Å². The van der Waals surface area contributed by atoms with E-state index in [1.807, 2.05) is 0 Å². The number of benzene rings is 2. The highest BCUT2D eigenvalue weighted by molar-refractivity contribution is 5.97. The van der Waals surface area contributed by atoms with E-state index in [1.165, 1.54) is 29.2 Å². The molecule has 15 heteroatoms. The summed E-state index contributed by atoms with van der Waals surface area (Å²) in [5.74, 6) is -8.24. The number of para-hydroxylation sites is 2. The van der Waals surface area contributed by atoms with Crippen LogP contribution in [0.3, 0.4) is 0 Å². The van der Waals surface area contributed by atoms with E-state index in [9.17, 15) is 31.5 Å². The average molecular weight is 548 g/mol. The molecule has 0 spiro atoms. The van der Waals surface area contributed by atoms with Crippen LogP contribution in [-0.4, -0.2) is 73.3 Å². The Hall–Kier alpha value is -4.69. The number of rotatable bonds is 5. The van der Waals surface area contributed by atoms with Crippen LogP contribution in [0.2, 0.25) is 0 Å². The Balaban J connectivity index is 1.45. The molecule has 0 N–H and O–H groups in total. The maximum absolute atomic E-state index is 15.0. The van der Waals surface area contributed by atoms with E-state index < -0.39 is 54.7 Å². The van der Waals surface area contributed by atoms with Gasteiger partial charge in [-0.05, 0) is 34.7 Å². The highest BCUT2D eigenvalue weighted by Crippen LogP contribution is 2.37. The number of hydrogen-bond donors (Lipinski definition) is 0. The standard InChI is InChI=1S/C24H17F5N6O4/c25-23(26)9-10-34(21(36)15-6-2-4-8-17(15)35-13-30-32-33-35)12-19(23)39-20-18(38-22(37)24(27,28)29)11-14-5-1-3-7-16(14)31-20/h1-8,11,13,19H,9-10,12H2/t19-/m0/s1. The van der Waals surface area contributed by atoms with Crippen LogP contribution in [0.1, 0.15) is 16.8 Å². The summed E-state index contributed by atoms with van der Waals surface area (Å²) in [7, 11) is 0. The number of hydrogen-bond acceptors (Lipinski definition) is 8. The van der Waals surface area contributed by atoms with E-state index in [1.54, 1.807) is 30.3 Å². The molecular formula is C24H17F5N6O4. The van der Waals surface area contributed by atoms with E-state index in [0.29, 0.717) is 5.69 Å². The van der Waals surface area contributed by atoms with Crippen LogP contribution in [-0.2, 0) is 4.79 Å². The molecule has 1 aliphatic rings. The number of esters is 1. The predicted molar refractivity (Wildman–Crippen MR) is 122 cm³/mol. The van der Waals surface area contributed by atoms with Crippen LogP contribution in [0.5, 0.6) is 11.6 Å². The second-order valence-corrected chi connectivity index (χ2v) is 8.51. The number of likely N-dealkylation sites (tertiary alicyclic amines) is 1. The number of tetrazole rings is 1. The molecule has 5 rings (SSSR count). The Labute approximate surface area is 215 Å². The highest BCUT2D eigenvalue weighted by Gasteiger charge is 2.48. The van der Waals surface area contributed by atoms with Crippen molar-refractivity contribution in [1.82, 2.24) is 30.1 Å².